The Labute approximate surface area is 185 Å². The molecule has 0 unspecified atom stereocenters. The van der Waals surface area contributed by atoms with Crippen molar-refractivity contribution in [2.24, 2.45) is 5.92 Å². The van der Waals surface area contributed by atoms with Crippen LogP contribution in [0.2, 0.25) is 0 Å². The molecule has 1 amide bonds. The van der Waals surface area contributed by atoms with Crippen LogP contribution in [0.5, 0.6) is 0 Å². The van der Waals surface area contributed by atoms with Crippen molar-refractivity contribution in [3.05, 3.63) is 71.8 Å². The minimum absolute atomic E-state index is 0.143. The molecule has 0 aliphatic heterocycles. The van der Waals surface area contributed by atoms with Crippen LogP contribution in [0.25, 0.3) is 11.3 Å². The quantitative estimate of drug-likeness (QED) is 0.419. The second-order valence-electron chi connectivity index (χ2n) is 8.19. The Morgan fingerprint density at radius 2 is 1.55 bits per heavy atom. The van der Waals surface area contributed by atoms with Gasteiger partial charge in [0, 0.05) is 31.6 Å². The maximum Gasteiger partial charge on any atom is 0.232 e. The minimum Gasteiger partial charge on any atom is -0.341 e. The van der Waals surface area contributed by atoms with Crippen molar-refractivity contribution >= 4 is 11.8 Å². The van der Waals surface area contributed by atoms with E-state index in [4.69, 9.17) is 4.52 Å². The molecule has 164 valence electrons. The first-order valence-corrected chi connectivity index (χ1v) is 11.1. The number of rotatable bonds is 10. The maximum atomic E-state index is 13.2. The molecule has 0 fully saturated rings. The molecule has 0 N–H and O–H groups in total. The molecule has 5 heteroatoms. The SMILES string of the molecule is CCN(CC)c1onc(-c2ccccc2)c1CN(Cc1ccccc1)C(=O)CC(C)C. The number of aromatic nitrogens is 1. The van der Waals surface area contributed by atoms with Crippen molar-refractivity contribution in [1.82, 2.24) is 10.1 Å². The molecule has 1 aromatic heterocycles. The van der Waals surface area contributed by atoms with Crippen LogP contribution in [0.4, 0.5) is 5.88 Å². The lowest BCUT2D eigenvalue weighted by atomic mass is 10.0. The molecule has 0 aliphatic rings. The maximum absolute atomic E-state index is 13.2. The second kappa shape index (κ2) is 10.8. The van der Waals surface area contributed by atoms with Gasteiger partial charge in [-0.3, -0.25) is 4.79 Å². The van der Waals surface area contributed by atoms with Crippen molar-refractivity contribution in [3.8, 4) is 11.3 Å². The highest BCUT2D eigenvalue weighted by atomic mass is 16.5. The third-order valence-electron chi connectivity index (χ3n) is 5.37. The van der Waals surface area contributed by atoms with Gasteiger partial charge >= 0.3 is 0 Å². The average Bonchev–Trinajstić information content (AvgIpc) is 3.18. The summed E-state index contributed by atoms with van der Waals surface area (Å²) in [7, 11) is 0. The average molecular weight is 420 g/mol. The smallest absolute Gasteiger partial charge is 0.232 e. The van der Waals surface area contributed by atoms with Crippen molar-refractivity contribution in [1.29, 1.82) is 0 Å². The Morgan fingerprint density at radius 3 is 2.13 bits per heavy atom. The molecule has 5 nitrogen and oxygen atoms in total. The molecule has 0 bridgehead atoms. The molecule has 0 atom stereocenters. The predicted molar refractivity (Wildman–Crippen MR) is 126 cm³/mol. The van der Waals surface area contributed by atoms with Crippen LogP contribution in [-0.2, 0) is 17.9 Å². The van der Waals surface area contributed by atoms with Crippen LogP contribution in [-0.4, -0.2) is 29.1 Å². The number of amides is 1. The van der Waals surface area contributed by atoms with Crippen LogP contribution in [0, 0.1) is 5.92 Å². The second-order valence-corrected chi connectivity index (χ2v) is 8.19. The summed E-state index contributed by atoms with van der Waals surface area (Å²) in [4.78, 5) is 17.3. The minimum atomic E-state index is 0.143. The van der Waals surface area contributed by atoms with E-state index in [0.29, 0.717) is 25.4 Å². The number of hydrogen-bond donors (Lipinski definition) is 0. The highest BCUT2D eigenvalue weighted by molar-refractivity contribution is 5.77. The molecule has 0 spiro atoms. The topological polar surface area (TPSA) is 49.6 Å². The van der Waals surface area contributed by atoms with E-state index in [1.807, 2.05) is 53.4 Å². The standard InChI is InChI=1S/C26H33N3O2/c1-5-28(6-2)26-23(25(27-31-26)22-15-11-8-12-16-22)19-29(24(30)17-20(3)4)18-21-13-9-7-10-14-21/h7-16,20H,5-6,17-19H2,1-4H3. The lowest BCUT2D eigenvalue weighted by molar-refractivity contribution is -0.133. The molecular weight excluding hydrogens is 386 g/mol. The van der Waals surface area contributed by atoms with E-state index < -0.39 is 0 Å². The summed E-state index contributed by atoms with van der Waals surface area (Å²) in [6, 6.07) is 20.2. The van der Waals surface area contributed by atoms with Crippen LogP contribution >= 0.6 is 0 Å². The van der Waals surface area contributed by atoms with E-state index in [1.165, 1.54) is 0 Å². The summed E-state index contributed by atoms with van der Waals surface area (Å²) in [5.74, 6) is 1.19. The number of nitrogens with zero attached hydrogens (tertiary/aromatic N) is 3. The molecule has 0 saturated heterocycles. The van der Waals surface area contributed by atoms with E-state index >= 15 is 0 Å². The van der Waals surface area contributed by atoms with Gasteiger partial charge in [-0.1, -0.05) is 79.7 Å². The summed E-state index contributed by atoms with van der Waals surface area (Å²) in [5, 5.41) is 4.43. The summed E-state index contributed by atoms with van der Waals surface area (Å²) in [5.41, 5.74) is 3.87. The van der Waals surface area contributed by atoms with Gasteiger partial charge in [0.05, 0.1) is 12.1 Å². The number of carbonyl (C=O) groups excluding carboxylic acids is 1. The summed E-state index contributed by atoms with van der Waals surface area (Å²) in [6.45, 7) is 11.0. The monoisotopic (exact) mass is 419 g/mol. The van der Waals surface area contributed by atoms with Gasteiger partial charge in [-0.15, -0.1) is 0 Å². The lowest BCUT2D eigenvalue weighted by Gasteiger charge is -2.26. The first-order chi connectivity index (χ1) is 15.0. The van der Waals surface area contributed by atoms with E-state index in [9.17, 15) is 4.79 Å². The van der Waals surface area contributed by atoms with Crippen LogP contribution in [0.3, 0.4) is 0 Å². The molecule has 0 radical (unpaired) electrons. The molecule has 0 saturated carbocycles. The predicted octanol–water partition coefficient (Wildman–Crippen LogP) is 5.76. The normalized spacial score (nSPS) is 11.0. The van der Waals surface area contributed by atoms with Gasteiger partial charge in [-0.25, -0.2) is 0 Å². The fourth-order valence-corrected chi connectivity index (χ4v) is 3.73. The van der Waals surface area contributed by atoms with Crippen LogP contribution < -0.4 is 4.90 Å². The zero-order valence-electron chi connectivity index (χ0n) is 19.0. The van der Waals surface area contributed by atoms with Gasteiger partial charge < -0.3 is 14.3 Å². The third kappa shape index (κ3) is 5.75. The van der Waals surface area contributed by atoms with Crippen molar-refractivity contribution in [2.75, 3.05) is 18.0 Å². The number of benzene rings is 2. The van der Waals surface area contributed by atoms with Gasteiger partial charge in [0.15, 0.2) is 0 Å². The first-order valence-electron chi connectivity index (χ1n) is 11.1. The van der Waals surface area contributed by atoms with Crippen LogP contribution in [0.1, 0.15) is 45.2 Å². The number of hydrogen-bond acceptors (Lipinski definition) is 4. The van der Waals surface area contributed by atoms with Crippen LogP contribution in [0.15, 0.2) is 65.2 Å². The Balaban J connectivity index is 2.01. The Hall–Kier alpha value is -3.08. The zero-order valence-corrected chi connectivity index (χ0v) is 19.0. The summed E-state index contributed by atoms with van der Waals surface area (Å²) in [6.07, 6.45) is 0.513. The lowest BCUT2D eigenvalue weighted by Crippen LogP contribution is -2.32. The largest absolute Gasteiger partial charge is 0.341 e. The zero-order chi connectivity index (χ0) is 22.2. The summed E-state index contributed by atoms with van der Waals surface area (Å²) >= 11 is 0. The number of anilines is 1. The highest BCUT2D eigenvalue weighted by Crippen LogP contribution is 2.33. The molecule has 0 aliphatic carbocycles. The van der Waals surface area contributed by atoms with Gasteiger partial charge in [0.2, 0.25) is 11.8 Å². The third-order valence-corrected chi connectivity index (χ3v) is 5.37. The molecule has 2 aromatic carbocycles. The first kappa shape index (κ1) is 22.6. The summed E-state index contributed by atoms with van der Waals surface area (Å²) < 4.78 is 5.84. The van der Waals surface area contributed by atoms with E-state index in [-0.39, 0.29) is 5.91 Å². The molecule has 1 heterocycles. The Bertz CT molecular complexity index is 947. The molecule has 3 rings (SSSR count). The van der Waals surface area contributed by atoms with E-state index in [1.54, 1.807) is 0 Å². The van der Waals surface area contributed by atoms with Gasteiger partial charge in [-0.05, 0) is 25.3 Å². The van der Waals surface area contributed by atoms with E-state index in [0.717, 1.165) is 41.4 Å². The molecular formula is C26H33N3O2. The fraction of sp³-hybridized carbons (Fsp3) is 0.385. The van der Waals surface area contributed by atoms with Gasteiger partial charge in [0.1, 0.15) is 5.69 Å². The fourth-order valence-electron chi connectivity index (χ4n) is 3.73. The van der Waals surface area contributed by atoms with Crippen molar-refractivity contribution in [2.45, 2.75) is 47.2 Å². The van der Waals surface area contributed by atoms with E-state index in [2.05, 4.69) is 49.9 Å². The Morgan fingerprint density at radius 1 is 0.935 bits per heavy atom. The Kier molecular flexibility index (Phi) is 7.88. The van der Waals surface area contributed by atoms with Crippen molar-refractivity contribution < 1.29 is 9.32 Å². The molecule has 3 aromatic rings. The highest BCUT2D eigenvalue weighted by Gasteiger charge is 2.25. The van der Waals surface area contributed by atoms with Crippen molar-refractivity contribution in [3.63, 3.8) is 0 Å². The van der Waals surface area contributed by atoms with Gasteiger partial charge in [-0.2, -0.15) is 0 Å². The van der Waals surface area contributed by atoms with Gasteiger partial charge in [0.25, 0.3) is 0 Å². The molecule has 31 heavy (non-hydrogen) atoms. The number of carbonyl (C=O) groups is 1.